The van der Waals surface area contributed by atoms with Crippen molar-refractivity contribution < 1.29 is 27.5 Å². The smallest absolute Gasteiger partial charge is 0.328 e. The molecule has 1 rings (SSSR count). The summed E-state index contributed by atoms with van der Waals surface area (Å²) in [4.78, 5) is 22.5. The zero-order valence-electron chi connectivity index (χ0n) is 11.5. The Morgan fingerprint density at radius 3 is 2.33 bits per heavy atom. The lowest BCUT2D eigenvalue weighted by atomic mass is 10.2. The van der Waals surface area contributed by atoms with Crippen molar-refractivity contribution in [3.63, 3.8) is 0 Å². The maximum Gasteiger partial charge on any atom is 0.328 e. The Labute approximate surface area is 121 Å². The van der Waals surface area contributed by atoms with Gasteiger partial charge in [-0.2, -0.15) is 0 Å². The number of nitrogens with one attached hydrogen (secondary N) is 1. The number of hydrogen-bond acceptors (Lipinski definition) is 4. The monoisotopic (exact) mass is 317 g/mol. The van der Waals surface area contributed by atoms with Crippen LogP contribution in [0.15, 0.2) is 29.2 Å². The molecule has 0 saturated carbocycles. The molecule has 0 heterocycles. The molecule has 0 spiro atoms. The van der Waals surface area contributed by atoms with E-state index in [9.17, 15) is 22.4 Å². The molecule has 0 aliphatic rings. The molecule has 0 aliphatic heterocycles. The fraction of sp³-hybridized carbons (Fsp3) is 0.385. The average Bonchev–Trinajstić information content (AvgIpc) is 2.43. The number of carboxylic acid groups (broad SMARTS) is 1. The summed E-state index contributed by atoms with van der Waals surface area (Å²) in [5, 5.41) is 9.92. The molecule has 0 fully saturated rings. The van der Waals surface area contributed by atoms with Crippen molar-refractivity contribution in [2.45, 2.75) is 30.0 Å². The summed E-state index contributed by atoms with van der Waals surface area (Å²) >= 11 is 0. The molecule has 116 valence electrons. The topological polar surface area (TPSA) is 101 Å². The first-order valence-corrected chi connectivity index (χ1v) is 7.69. The number of halogens is 1. The van der Waals surface area contributed by atoms with E-state index in [4.69, 9.17) is 5.11 Å². The highest BCUT2D eigenvalue weighted by molar-refractivity contribution is 7.92. The van der Waals surface area contributed by atoms with E-state index in [1.54, 1.807) is 0 Å². The lowest BCUT2D eigenvalue weighted by Crippen LogP contribution is -2.42. The summed E-state index contributed by atoms with van der Waals surface area (Å²) < 4.78 is 36.9. The van der Waals surface area contributed by atoms with Gasteiger partial charge in [-0.05, 0) is 26.0 Å². The van der Waals surface area contributed by atoms with Gasteiger partial charge in [0.15, 0.2) is 15.9 Å². The molecule has 0 aliphatic carbocycles. The SMILES string of the molecule is CC(C)S(=O)(=O)c1ccccc1C(=O)NC(CF)C(=O)O. The van der Waals surface area contributed by atoms with E-state index in [-0.39, 0.29) is 10.5 Å². The Morgan fingerprint density at radius 2 is 1.86 bits per heavy atom. The molecule has 0 aromatic heterocycles. The molecule has 21 heavy (non-hydrogen) atoms. The summed E-state index contributed by atoms with van der Waals surface area (Å²) in [6.45, 7) is 1.64. The number of amides is 1. The molecule has 0 saturated heterocycles. The van der Waals surface area contributed by atoms with Gasteiger partial charge in [-0.1, -0.05) is 12.1 Å². The average molecular weight is 317 g/mol. The molecule has 6 nitrogen and oxygen atoms in total. The van der Waals surface area contributed by atoms with Crippen molar-refractivity contribution in [1.82, 2.24) is 5.32 Å². The number of aliphatic carboxylic acids is 1. The molecule has 0 bridgehead atoms. The molecule has 1 aromatic carbocycles. The van der Waals surface area contributed by atoms with Gasteiger partial charge in [0.05, 0.1) is 15.7 Å². The fourth-order valence-corrected chi connectivity index (χ4v) is 2.80. The third-order valence-electron chi connectivity index (χ3n) is 2.82. The van der Waals surface area contributed by atoms with Crippen LogP contribution in [0.5, 0.6) is 0 Å². The summed E-state index contributed by atoms with van der Waals surface area (Å²) in [5.41, 5.74) is -0.203. The van der Waals surface area contributed by atoms with Crippen molar-refractivity contribution >= 4 is 21.7 Å². The molecule has 1 amide bonds. The van der Waals surface area contributed by atoms with Crippen LogP contribution >= 0.6 is 0 Å². The van der Waals surface area contributed by atoms with E-state index in [1.165, 1.54) is 38.1 Å². The molecule has 2 N–H and O–H groups in total. The first-order valence-electron chi connectivity index (χ1n) is 6.14. The number of sulfone groups is 1. The van der Waals surface area contributed by atoms with Crippen molar-refractivity contribution in [2.75, 3.05) is 6.67 Å². The Hall–Kier alpha value is -1.96. The van der Waals surface area contributed by atoms with E-state index in [0.29, 0.717) is 0 Å². The van der Waals surface area contributed by atoms with Gasteiger partial charge in [-0.25, -0.2) is 17.6 Å². The second-order valence-electron chi connectivity index (χ2n) is 4.61. The van der Waals surface area contributed by atoms with Gasteiger partial charge in [0.1, 0.15) is 6.67 Å². The Bertz CT molecular complexity index is 642. The van der Waals surface area contributed by atoms with E-state index in [0.717, 1.165) is 0 Å². The van der Waals surface area contributed by atoms with Crippen molar-refractivity contribution in [3.05, 3.63) is 29.8 Å². The second-order valence-corrected chi connectivity index (χ2v) is 7.08. The van der Waals surface area contributed by atoms with Crippen LogP contribution in [0.4, 0.5) is 4.39 Å². The molecule has 0 radical (unpaired) electrons. The van der Waals surface area contributed by atoms with Gasteiger partial charge in [0.25, 0.3) is 5.91 Å². The maximum atomic E-state index is 12.5. The minimum Gasteiger partial charge on any atom is -0.480 e. The second kappa shape index (κ2) is 6.66. The third-order valence-corrected chi connectivity index (χ3v) is 5.03. The Balaban J connectivity index is 3.21. The molecule has 8 heteroatoms. The van der Waals surface area contributed by atoms with Crippen LogP contribution in [-0.4, -0.2) is 43.4 Å². The minimum atomic E-state index is -3.72. The molecule has 1 unspecified atom stereocenters. The Morgan fingerprint density at radius 1 is 1.29 bits per heavy atom. The predicted molar refractivity (Wildman–Crippen MR) is 73.6 cm³/mol. The van der Waals surface area contributed by atoms with Crippen LogP contribution in [0.25, 0.3) is 0 Å². The highest BCUT2D eigenvalue weighted by Crippen LogP contribution is 2.20. The summed E-state index contributed by atoms with van der Waals surface area (Å²) in [7, 11) is -3.72. The number of carboxylic acids is 1. The van der Waals surface area contributed by atoms with E-state index in [1.807, 2.05) is 5.32 Å². The lowest BCUT2D eigenvalue weighted by Gasteiger charge is -2.15. The van der Waals surface area contributed by atoms with Crippen LogP contribution in [0.2, 0.25) is 0 Å². The zero-order valence-corrected chi connectivity index (χ0v) is 12.4. The van der Waals surface area contributed by atoms with Crippen LogP contribution < -0.4 is 5.32 Å². The highest BCUT2D eigenvalue weighted by atomic mass is 32.2. The van der Waals surface area contributed by atoms with Gasteiger partial charge in [0.2, 0.25) is 0 Å². The number of hydrogen-bond donors (Lipinski definition) is 2. The van der Waals surface area contributed by atoms with Gasteiger partial charge < -0.3 is 10.4 Å². The predicted octanol–water partition coefficient (Wildman–Crippen LogP) is 1.02. The number of alkyl halides is 1. The third kappa shape index (κ3) is 3.78. The zero-order chi connectivity index (χ0) is 16.2. The van der Waals surface area contributed by atoms with Gasteiger partial charge in [-0.15, -0.1) is 0 Å². The number of carbonyl (C=O) groups excluding carboxylic acids is 1. The van der Waals surface area contributed by atoms with Gasteiger partial charge in [-0.3, -0.25) is 4.79 Å². The molecular weight excluding hydrogens is 301 g/mol. The van der Waals surface area contributed by atoms with E-state index >= 15 is 0 Å². The van der Waals surface area contributed by atoms with Crippen LogP contribution in [0.3, 0.4) is 0 Å². The Kier molecular flexibility index (Phi) is 5.42. The largest absolute Gasteiger partial charge is 0.480 e. The first-order chi connectivity index (χ1) is 9.71. The number of rotatable bonds is 6. The summed E-state index contributed by atoms with van der Waals surface area (Å²) in [5.74, 6) is -2.48. The van der Waals surface area contributed by atoms with Crippen molar-refractivity contribution in [1.29, 1.82) is 0 Å². The van der Waals surface area contributed by atoms with Crippen LogP contribution in [-0.2, 0) is 14.6 Å². The van der Waals surface area contributed by atoms with E-state index in [2.05, 4.69) is 0 Å². The standard InChI is InChI=1S/C13H16FNO5S/c1-8(2)21(19,20)11-6-4-3-5-9(11)12(16)15-10(7-14)13(17)18/h3-6,8,10H,7H2,1-2H3,(H,15,16)(H,17,18). The van der Waals surface area contributed by atoms with Crippen LogP contribution in [0.1, 0.15) is 24.2 Å². The van der Waals surface area contributed by atoms with Crippen molar-refractivity contribution in [3.8, 4) is 0 Å². The lowest BCUT2D eigenvalue weighted by molar-refractivity contribution is -0.139. The van der Waals surface area contributed by atoms with Crippen molar-refractivity contribution in [2.24, 2.45) is 0 Å². The molecule has 1 aromatic rings. The molecular formula is C13H16FNO5S. The fourth-order valence-electron chi connectivity index (χ4n) is 1.56. The number of carbonyl (C=O) groups is 2. The van der Waals surface area contributed by atoms with Crippen LogP contribution in [0, 0.1) is 0 Å². The van der Waals surface area contributed by atoms with Gasteiger partial charge in [0, 0.05) is 0 Å². The minimum absolute atomic E-state index is 0.203. The summed E-state index contributed by atoms with van der Waals surface area (Å²) in [6, 6.07) is 3.69. The first kappa shape index (κ1) is 17.1. The number of benzene rings is 1. The van der Waals surface area contributed by atoms with E-state index < -0.39 is 39.7 Å². The summed E-state index contributed by atoms with van der Waals surface area (Å²) in [6.07, 6.45) is 0. The highest BCUT2D eigenvalue weighted by Gasteiger charge is 2.27. The molecule has 1 atom stereocenters. The normalized spacial score (nSPS) is 13.0. The maximum absolute atomic E-state index is 12.5. The van der Waals surface area contributed by atoms with Gasteiger partial charge >= 0.3 is 5.97 Å². The quantitative estimate of drug-likeness (QED) is 0.816.